The molecular formula is C16H18N2O2S. The Morgan fingerprint density at radius 3 is 2.38 bits per heavy atom. The first-order chi connectivity index (χ1) is 9.94. The quantitative estimate of drug-likeness (QED) is 0.948. The van der Waals surface area contributed by atoms with Gasteiger partial charge in [0.1, 0.15) is 0 Å². The van der Waals surface area contributed by atoms with E-state index in [1.165, 1.54) is 5.56 Å². The zero-order chi connectivity index (χ0) is 15.0. The molecular weight excluding hydrogens is 284 g/mol. The zero-order valence-electron chi connectivity index (χ0n) is 12.2. The van der Waals surface area contributed by atoms with Gasteiger partial charge in [-0.25, -0.2) is 8.42 Å². The average molecular weight is 302 g/mol. The van der Waals surface area contributed by atoms with Gasteiger partial charge in [0.15, 0.2) is 0 Å². The fraction of sp³-hybridized carbons (Fsp3) is 0.312. The van der Waals surface area contributed by atoms with Gasteiger partial charge in [-0.05, 0) is 68.5 Å². The van der Waals surface area contributed by atoms with Crippen LogP contribution in [-0.2, 0) is 22.9 Å². The number of sulfonamides is 1. The van der Waals surface area contributed by atoms with E-state index in [2.05, 4.69) is 9.71 Å². The molecule has 0 spiro atoms. The number of rotatable bonds is 3. The van der Waals surface area contributed by atoms with Crippen LogP contribution < -0.4 is 4.72 Å². The highest BCUT2D eigenvalue weighted by atomic mass is 32.2. The van der Waals surface area contributed by atoms with Crippen LogP contribution in [0.4, 0.5) is 5.69 Å². The molecule has 0 atom stereocenters. The van der Waals surface area contributed by atoms with Crippen molar-refractivity contribution in [3.63, 3.8) is 0 Å². The van der Waals surface area contributed by atoms with Crippen molar-refractivity contribution in [2.45, 2.75) is 38.0 Å². The molecule has 1 aromatic heterocycles. The van der Waals surface area contributed by atoms with Gasteiger partial charge >= 0.3 is 0 Å². The molecule has 0 saturated carbocycles. The Bertz CT molecular complexity index is 778. The third-order valence-corrected chi connectivity index (χ3v) is 5.09. The van der Waals surface area contributed by atoms with E-state index < -0.39 is 10.0 Å². The summed E-state index contributed by atoms with van der Waals surface area (Å²) in [6, 6.07) is 8.88. The molecule has 1 aliphatic carbocycles. The molecule has 0 unspecified atom stereocenters. The van der Waals surface area contributed by atoms with Crippen LogP contribution in [-0.4, -0.2) is 13.4 Å². The van der Waals surface area contributed by atoms with Crippen molar-refractivity contribution in [2.75, 3.05) is 4.72 Å². The van der Waals surface area contributed by atoms with E-state index in [9.17, 15) is 8.42 Å². The van der Waals surface area contributed by atoms with E-state index in [-0.39, 0.29) is 0 Å². The summed E-state index contributed by atoms with van der Waals surface area (Å²) in [6.45, 7) is 3.69. The Morgan fingerprint density at radius 1 is 1.00 bits per heavy atom. The van der Waals surface area contributed by atoms with Gasteiger partial charge < -0.3 is 0 Å². The largest absolute Gasteiger partial charge is 0.279 e. The molecule has 1 aromatic carbocycles. The third-order valence-electron chi connectivity index (χ3n) is 3.71. The summed E-state index contributed by atoms with van der Waals surface area (Å²) < 4.78 is 27.6. The van der Waals surface area contributed by atoms with Gasteiger partial charge in [0.25, 0.3) is 10.0 Å². The normalized spacial score (nSPS) is 14.0. The highest BCUT2D eigenvalue weighted by Gasteiger charge is 2.18. The number of aryl methyl sites for hydroxylation is 4. The SMILES string of the molecule is Cc1cc(NS(=O)(=O)c2ccc3c(c2)CCC3)cc(C)n1. The van der Waals surface area contributed by atoms with Crippen LogP contribution in [0, 0.1) is 13.8 Å². The van der Waals surface area contributed by atoms with E-state index in [4.69, 9.17) is 0 Å². The number of nitrogens with zero attached hydrogens (tertiary/aromatic N) is 1. The summed E-state index contributed by atoms with van der Waals surface area (Å²) in [4.78, 5) is 4.58. The minimum atomic E-state index is -3.55. The maximum atomic E-state index is 12.5. The van der Waals surface area contributed by atoms with Crippen LogP contribution in [0.1, 0.15) is 28.9 Å². The molecule has 0 amide bonds. The highest BCUT2D eigenvalue weighted by molar-refractivity contribution is 7.92. The summed E-state index contributed by atoms with van der Waals surface area (Å²) >= 11 is 0. The van der Waals surface area contributed by atoms with Crippen molar-refractivity contribution in [1.29, 1.82) is 0 Å². The second-order valence-corrected chi connectivity index (χ2v) is 7.21. The monoisotopic (exact) mass is 302 g/mol. The summed E-state index contributed by atoms with van der Waals surface area (Å²) in [5.41, 5.74) is 4.56. The molecule has 3 rings (SSSR count). The van der Waals surface area contributed by atoms with Crippen molar-refractivity contribution in [2.24, 2.45) is 0 Å². The molecule has 0 aliphatic heterocycles. The van der Waals surface area contributed by atoms with E-state index in [0.717, 1.165) is 36.2 Å². The van der Waals surface area contributed by atoms with Gasteiger partial charge in [-0.1, -0.05) is 6.07 Å². The van der Waals surface area contributed by atoms with Crippen molar-refractivity contribution in [3.05, 3.63) is 52.8 Å². The van der Waals surface area contributed by atoms with Gasteiger partial charge in [-0.3, -0.25) is 9.71 Å². The minimum Gasteiger partial charge on any atom is -0.279 e. The fourth-order valence-electron chi connectivity index (χ4n) is 2.82. The number of hydrogen-bond acceptors (Lipinski definition) is 3. The van der Waals surface area contributed by atoms with Crippen LogP contribution in [0.3, 0.4) is 0 Å². The van der Waals surface area contributed by atoms with Gasteiger partial charge in [-0.15, -0.1) is 0 Å². The van der Waals surface area contributed by atoms with Crippen molar-refractivity contribution < 1.29 is 8.42 Å². The molecule has 0 bridgehead atoms. The number of hydrogen-bond donors (Lipinski definition) is 1. The molecule has 110 valence electrons. The van der Waals surface area contributed by atoms with E-state index in [0.29, 0.717) is 10.6 Å². The number of pyridine rings is 1. The van der Waals surface area contributed by atoms with Gasteiger partial charge in [0.2, 0.25) is 0 Å². The fourth-order valence-corrected chi connectivity index (χ4v) is 3.91. The lowest BCUT2D eigenvalue weighted by molar-refractivity contribution is 0.601. The zero-order valence-corrected chi connectivity index (χ0v) is 13.0. The van der Waals surface area contributed by atoms with Crippen LogP contribution in [0.5, 0.6) is 0 Å². The summed E-state index contributed by atoms with van der Waals surface area (Å²) in [7, 11) is -3.55. The van der Waals surface area contributed by atoms with Gasteiger partial charge in [0, 0.05) is 11.4 Å². The molecule has 0 radical (unpaired) electrons. The molecule has 1 heterocycles. The second-order valence-electron chi connectivity index (χ2n) is 5.53. The second kappa shape index (κ2) is 5.15. The van der Waals surface area contributed by atoms with Crippen molar-refractivity contribution in [3.8, 4) is 0 Å². The smallest absolute Gasteiger partial charge is 0.261 e. The molecule has 4 nitrogen and oxygen atoms in total. The topological polar surface area (TPSA) is 59.1 Å². The number of benzene rings is 1. The van der Waals surface area contributed by atoms with E-state index in [1.54, 1.807) is 24.3 Å². The predicted molar refractivity (Wildman–Crippen MR) is 83.0 cm³/mol. The molecule has 0 fully saturated rings. The molecule has 1 aliphatic rings. The summed E-state index contributed by atoms with van der Waals surface area (Å²) in [5, 5.41) is 0. The van der Waals surface area contributed by atoms with Crippen LogP contribution in [0.15, 0.2) is 35.2 Å². The maximum absolute atomic E-state index is 12.5. The third kappa shape index (κ3) is 2.93. The maximum Gasteiger partial charge on any atom is 0.261 e. The van der Waals surface area contributed by atoms with Crippen LogP contribution in [0.2, 0.25) is 0 Å². The van der Waals surface area contributed by atoms with E-state index >= 15 is 0 Å². The highest BCUT2D eigenvalue weighted by Crippen LogP contribution is 2.26. The number of nitrogens with one attached hydrogen (secondary N) is 1. The molecule has 21 heavy (non-hydrogen) atoms. The summed E-state index contributed by atoms with van der Waals surface area (Å²) in [5.74, 6) is 0. The average Bonchev–Trinajstić information content (AvgIpc) is 2.83. The molecule has 5 heteroatoms. The van der Waals surface area contributed by atoms with Crippen molar-refractivity contribution in [1.82, 2.24) is 4.98 Å². The lowest BCUT2D eigenvalue weighted by Gasteiger charge is -2.10. The minimum absolute atomic E-state index is 0.329. The summed E-state index contributed by atoms with van der Waals surface area (Å²) in [6.07, 6.45) is 3.12. The first-order valence-electron chi connectivity index (χ1n) is 7.04. The Hall–Kier alpha value is -1.88. The van der Waals surface area contributed by atoms with Crippen LogP contribution in [0.25, 0.3) is 0 Å². The number of aromatic nitrogens is 1. The lowest BCUT2D eigenvalue weighted by Crippen LogP contribution is -2.13. The lowest BCUT2D eigenvalue weighted by atomic mass is 10.1. The molecule has 0 saturated heterocycles. The number of anilines is 1. The van der Waals surface area contributed by atoms with Gasteiger partial charge in [-0.2, -0.15) is 0 Å². The van der Waals surface area contributed by atoms with Crippen molar-refractivity contribution >= 4 is 15.7 Å². The Morgan fingerprint density at radius 2 is 1.67 bits per heavy atom. The van der Waals surface area contributed by atoms with E-state index in [1.807, 2.05) is 19.9 Å². The number of fused-ring (bicyclic) bond motifs is 1. The molecule has 1 N–H and O–H groups in total. The predicted octanol–water partition coefficient (Wildman–Crippen LogP) is 2.99. The van der Waals surface area contributed by atoms with Crippen LogP contribution >= 0.6 is 0 Å². The standard InChI is InChI=1S/C16H18N2O2S/c1-11-8-15(9-12(2)17-11)18-21(19,20)16-7-6-13-4-3-5-14(13)10-16/h6-10H,3-5H2,1-2H3,(H,17,18). The first-order valence-corrected chi connectivity index (χ1v) is 8.52. The van der Waals surface area contributed by atoms with Gasteiger partial charge in [0.05, 0.1) is 10.6 Å². The molecule has 2 aromatic rings. The Kier molecular flexibility index (Phi) is 3.45. The Labute approximate surface area is 125 Å². The Balaban J connectivity index is 1.93. The first kappa shape index (κ1) is 14.1.